The fourth-order valence-electron chi connectivity index (χ4n) is 2.04. The molecule has 0 saturated carbocycles. The predicted molar refractivity (Wildman–Crippen MR) is 82.2 cm³/mol. The van der Waals surface area contributed by atoms with E-state index in [-0.39, 0.29) is 11.6 Å². The average Bonchev–Trinajstić information content (AvgIpc) is 2.53. The van der Waals surface area contributed by atoms with E-state index in [0.29, 0.717) is 5.02 Å². The highest BCUT2D eigenvalue weighted by Gasteiger charge is 2.26. The highest BCUT2D eigenvalue weighted by Crippen LogP contribution is 2.22. The van der Waals surface area contributed by atoms with Gasteiger partial charge in [0.2, 0.25) is 0 Å². The van der Waals surface area contributed by atoms with E-state index in [1.54, 1.807) is 26.1 Å². The Morgan fingerprint density at radius 3 is 2.52 bits per heavy atom. The molecule has 5 heteroatoms. The number of carbonyl (C=O) groups excluding carboxylic acids is 1. The lowest BCUT2D eigenvalue weighted by molar-refractivity contribution is 0.0482. The number of aliphatic hydroxyl groups excluding tert-OH is 1. The number of carbonyl (C=O) groups is 1. The summed E-state index contributed by atoms with van der Waals surface area (Å²) in [7, 11) is 1.63. The van der Waals surface area contributed by atoms with Gasteiger partial charge >= 0.3 is 0 Å². The van der Waals surface area contributed by atoms with E-state index in [0.717, 1.165) is 5.56 Å². The summed E-state index contributed by atoms with van der Waals surface area (Å²) >= 11 is 5.99. The molecular weight excluding hydrogens is 288 g/mol. The maximum Gasteiger partial charge on any atom is 0.274 e. The number of hydrogen-bond donors (Lipinski definition) is 1. The zero-order valence-corrected chi connectivity index (χ0v) is 12.7. The second kappa shape index (κ2) is 6.70. The Labute approximate surface area is 129 Å². The van der Waals surface area contributed by atoms with Crippen molar-refractivity contribution >= 4 is 17.5 Å². The Kier molecular flexibility index (Phi) is 4.94. The van der Waals surface area contributed by atoms with E-state index >= 15 is 0 Å². The van der Waals surface area contributed by atoms with Crippen LogP contribution >= 0.6 is 11.6 Å². The number of aliphatic hydroxyl groups is 1. The third kappa shape index (κ3) is 3.40. The van der Waals surface area contributed by atoms with E-state index in [1.165, 1.54) is 11.1 Å². The monoisotopic (exact) mass is 304 g/mol. The first kappa shape index (κ1) is 15.5. The van der Waals surface area contributed by atoms with Gasteiger partial charge in [-0.2, -0.15) is 0 Å². The molecule has 0 fully saturated rings. The number of hydrogen-bond acceptors (Lipinski definition) is 3. The second-order valence-electron chi connectivity index (χ2n) is 4.85. The van der Waals surface area contributed by atoms with Crippen molar-refractivity contribution in [3.05, 3.63) is 64.9 Å². The molecule has 4 nitrogen and oxygen atoms in total. The van der Waals surface area contributed by atoms with E-state index in [1.807, 2.05) is 30.3 Å². The second-order valence-corrected chi connectivity index (χ2v) is 5.25. The predicted octanol–water partition coefficient (Wildman–Crippen LogP) is 2.93. The molecule has 0 aliphatic carbocycles. The zero-order valence-electron chi connectivity index (χ0n) is 11.9. The van der Waals surface area contributed by atoms with Crippen molar-refractivity contribution in [2.45, 2.75) is 19.1 Å². The number of amides is 1. The minimum absolute atomic E-state index is 0.189. The molecule has 110 valence electrons. The molecule has 1 N–H and O–H groups in total. The van der Waals surface area contributed by atoms with Crippen LogP contribution in [0.2, 0.25) is 5.02 Å². The van der Waals surface area contributed by atoms with Crippen molar-refractivity contribution in [2.24, 2.45) is 0 Å². The molecule has 2 rings (SSSR count). The molecule has 0 bridgehead atoms. The first-order valence-electron chi connectivity index (χ1n) is 6.63. The van der Waals surface area contributed by atoms with Crippen LogP contribution in [-0.4, -0.2) is 34.0 Å². The number of benzene rings is 1. The molecule has 0 radical (unpaired) electrons. The quantitative estimate of drug-likeness (QED) is 0.945. The molecule has 21 heavy (non-hydrogen) atoms. The standard InChI is InChI=1S/C16H17ClN2O2/c1-11(15(20)12-7-4-3-5-8-12)19(2)16(21)14-13(17)9-6-10-18-14/h3-11,15,20H,1-2H3. The average molecular weight is 305 g/mol. The summed E-state index contributed by atoms with van der Waals surface area (Å²) < 4.78 is 0. The van der Waals surface area contributed by atoms with Gasteiger partial charge in [0.25, 0.3) is 5.91 Å². The molecule has 1 aromatic heterocycles. The number of halogens is 1. The molecule has 0 saturated heterocycles. The number of pyridine rings is 1. The van der Waals surface area contributed by atoms with Crippen molar-refractivity contribution < 1.29 is 9.90 Å². The van der Waals surface area contributed by atoms with Crippen molar-refractivity contribution in [2.75, 3.05) is 7.05 Å². The van der Waals surface area contributed by atoms with E-state index in [2.05, 4.69) is 4.98 Å². The van der Waals surface area contributed by atoms with Crippen LogP contribution in [0.5, 0.6) is 0 Å². The van der Waals surface area contributed by atoms with Crippen LogP contribution < -0.4 is 0 Å². The normalized spacial score (nSPS) is 13.5. The van der Waals surface area contributed by atoms with Gasteiger partial charge in [-0.15, -0.1) is 0 Å². The molecule has 1 amide bonds. The Morgan fingerprint density at radius 1 is 1.24 bits per heavy atom. The summed E-state index contributed by atoms with van der Waals surface area (Å²) in [6.45, 7) is 1.78. The summed E-state index contributed by atoms with van der Waals surface area (Å²) in [5, 5.41) is 10.7. The van der Waals surface area contributed by atoms with Gasteiger partial charge < -0.3 is 10.0 Å². The summed E-state index contributed by atoms with van der Waals surface area (Å²) in [5.41, 5.74) is 0.950. The minimum Gasteiger partial charge on any atom is -0.386 e. The van der Waals surface area contributed by atoms with Gasteiger partial charge in [0, 0.05) is 13.2 Å². The van der Waals surface area contributed by atoms with E-state index in [4.69, 9.17) is 11.6 Å². The highest BCUT2D eigenvalue weighted by molar-refractivity contribution is 6.33. The third-order valence-electron chi connectivity index (χ3n) is 3.49. The SMILES string of the molecule is CC(C(O)c1ccccc1)N(C)C(=O)c1ncccc1Cl. The topological polar surface area (TPSA) is 53.4 Å². The molecule has 2 unspecified atom stereocenters. The third-order valence-corrected chi connectivity index (χ3v) is 3.80. The van der Waals surface area contributed by atoms with Gasteiger partial charge in [-0.05, 0) is 24.6 Å². The van der Waals surface area contributed by atoms with Crippen LogP contribution in [0.15, 0.2) is 48.7 Å². The van der Waals surface area contributed by atoms with Crippen LogP contribution in [-0.2, 0) is 0 Å². The Morgan fingerprint density at radius 2 is 1.90 bits per heavy atom. The number of likely N-dealkylation sites (N-methyl/N-ethyl adjacent to an activating group) is 1. The maximum absolute atomic E-state index is 12.4. The number of rotatable bonds is 4. The lowest BCUT2D eigenvalue weighted by Crippen LogP contribution is -2.39. The highest BCUT2D eigenvalue weighted by atomic mass is 35.5. The number of nitrogens with zero attached hydrogens (tertiary/aromatic N) is 2. The summed E-state index contributed by atoms with van der Waals surface area (Å²) in [5.74, 6) is -0.317. The van der Waals surface area contributed by atoms with Gasteiger partial charge in [0.1, 0.15) is 5.69 Å². The van der Waals surface area contributed by atoms with Gasteiger partial charge in [0.05, 0.1) is 17.2 Å². The lowest BCUT2D eigenvalue weighted by atomic mass is 10.0. The molecule has 1 heterocycles. The smallest absolute Gasteiger partial charge is 0.274 e. The van der Waals surface area contributed by atoms with Gasteiger partial charge in [-0.1, -0.05) is 41.9 Å². The van der Waals surface area contributed by atoms with E-state index < -0.39 is 12.1 Å². The largest absolute Gasteiger partial charge is 0.386 e. The lowest BCUT2D eigenvalue weighted by Gasteiger charge is -2.29. The van der Waals surface area contributed by atoms with Crippen LogP contribution in [0.25, 0.3) is 0 Å². The zero-order chi connectivity index (χ0) is 15.4. The summed E-state index contributed by atoms with van der Waals surface area (Å²) in [6, 6.07) is 12.1. The molecule has 2 aromatic rings. The first-order chi connectivity index (χ1) is 10.0. The molecular formula is C16H17ClN2O2. The van der Waals surface area contributed by atoms with Crippen LogP contribution in [0.1, 0.15) is 29.1 Å². The van der Waals surface area contributed by atoms with Crippen molar-refractivity contribution in [3.8, 4) is 0 Å². The molecule has 0 aliphatic heterocycles. The van der Waals surface area contributed by atoms with Crippen molar-refractivity contribution in [1.82, 2.24) is 9.88 Å². The van der Waals surface area contributed by atoms with Crippen LogP contribution in [0.3, 0.4) is 0 Å². The van der Waals surface area contributed by atoms with Crippen molar-refractivity contribution in [3.63, 3.8) is 0 Å². The fraction of sp³-hybridized carbons (Fsp3) is 0.250. The van der Waals surface area contributed by atoms with Crippen LogP contribution in [0, 0.1) is 0 Å². The minimum atomic E-state index is -0.775. The fourth-order valence-corrected chi connectivity index (χ4v) is 2.24. The Hall–Kier alpha value is -1.91. The Bertz CT molecular complexity index is 619. The van der Waals surface area contributed by atoms with Crippen molar-refractivity contribution in [1.29, 1.82) is 0 Å². The molecule has 2 atom stereocenters. The molecule has 0 aliphatic rings. The van der Waals surface area contributed by atoms with Gasteiger partial charge in [-0.3, -0.25) is 4.79 Å². The van der Waals surface area contributed by atoms with E-state index in [9.17, 15) is 9.90 Å². The number of aromatic nitrogens is 1. The van der Waals surface area contributed by atoms with Gasteiger partial charge in [-0.25, -0.2) is 4.98 Å². The maximum atomic E-state index is 12.4. The first-order valence-corrected chi connectivity index (χ1v) is 7.01. The van der Waals surface area contributed by atoms with Gasteiger partial charge in [0.15, 0.2) is 0 Å². The molecule has 0 spiro atoms. The summed E-state index contributed by atoms with van der Waals surface area (Å²) in [6.07, 6.45) is 0.744. The summed E-state index contributed by atoms with van der Waals surface area (Å²) in [4.78, 5) is 17.9. The molecule has 1 aromatic carbocycles. The Balaban J connectivity index is 2.18. The van der Waals surface area contributed by atoms with Crippen LogP contribution in [0.4, 0.5) is 0 Å².